The van der Waals surface area contributed by atoms with Gasteiger partial charge in [0.25, 0.3) is 0 Å². The molecule has 178 valence electrons. The zero-order valence-electron chi connectivity index (χ0n) is 22.5. The fourth-order valence-corrected chi connectivity index (χ4v) is 10.2. The van der Waals surface area contributed by atoms with Crippen LogP contribution in [-0.2, 0) is 30.2 Å². The van der Waals surface area contributed by atoms with Crippen molar-refractivity contribution in [3.05, 3.63) is 113 Å². The first kappa shape index (κ1) is 26.6. The Kier molecular flexibility index (Phi) is 9.08. The number of benzene rings is 2. The molecule has 0 spiro atoms. The van der Waals surface area contributed by atoms with Crippen LogP contribution in [0.4, 0.5) is 0 Å². The average Bonchev–Trinajstić information content (AvgIpc) is 3.17. The molecule has 0 fully saturated rings. The van der Waals surface area contributed by atoms with Crippen LogP contribution in [0.3, 0.4) is 0 Å². The molecule has 0 saturated heterocycles. The van der Waals surface area contributed by atoms with Gasteiger partial charge in [-0.2, -0.15) is 0 Å². The van der Waals surface area contributed by atoms with Crippen LogP contribution in [0, 0.1) is 11.8 Å². The summed E-state index contributed by atoms with van der Waals surface area (Å²) in [5.74, 6) is 1.24. The van der Waals surface area contributed by atoms with Crippen molar-refractivity contribution in [3.63, 3.8) is 0 Å². The zero-order valence-corrected chi connectivity index (χ0v) is 24.1. The van der Waals surface area contributed by atoms with Gasteiger partial charge in [0.05, 0.1) is 0 Å². The summed E-state index contributed by atoms with van der Waals surface area (Å²) in [6.45, 7) is 18.6. The Hall–Kier alpha value is -2.02. The minimum atomic E-state index is -1.58. The van der Waals surface area contributed by atoms with Crippen LogP contribution >= 0.6 is 0 Å². The third-order valence-corrected chi connectivity index (χ3v) is 12.9. The Morgan fingerprint density at radius 2 is 0.882 bits per heavy atom. The van der Waals surface area contributed by atoms with E-state index >= 15 is 0 Å². The Morgan fingerprint density at radius 3 is 1.15 bits per heavy atom. The molecule has 2 aliphatic carbocycles. The standard InChI is InChI=1S/C14H14.2C9H13.CH2.Ti/c1-3-7-13(8-4-1)11-12-14-9-5-2-6-10-14;2*1-6-5-7(2)9(4)8(6)3;;/h1-10H,11-12H2;2*6H,1-4H3;1H2;. The molecule has 0 saturated carbocycles. The van der Waals surface area contributed by atoms with E-state index in [9.17, 15) is 0 Å². The van der Waals surface area contributed by atoms with Crippen molar-refractivity contribution >= 4 is 4.82 Å². The van der Waals surface area contributed by atoms with Gasteiger partial charge in [0.1, 0.15) is 0 Å². The third-order valence-electron chi connectivity index (χ3n) is 8.32. The second kappa shape index (κ2) is 11.6. The van der Waals surface area contributed by atoms with Gasteiger partial charge in [0.15, 0.2) is 0 Å². The number of aryl methyl sites for hydroxylation is 2. The quantitative estimate of drug-likeness (QED) is 0.370. The molecule has 0 aliphatic heterocycles. The Bertz CT molecular complexity index is 1080. The maximum atomic E-state index is 4.74. The van der Waals surface area contributed by atoms with Gasteiger partial charge >= 0.3 is 131 Å². The molecule has 0 radical (unpaired) electrons. The van der Waals surface area contributed by atoms with E-state index in [1.807, 2.05) is 0 Å². The zero-order chi connectivity index (χ0) is 25.0. The van der Waals surface area contributed by atoms with Crippen molar-refractivity contribution in [1.82, 2.24) is 0 Å². The van der Waals surface area contributed by atoms with Crippen molar-refractivity contribution in [2.75, 3.05) is 0 Å². The molecule has 1 heteroatoms. The smallest absolute Gasteiger partial charge is 0.0238 e. The first-order valence-corrected chi connectivity index (χ1v) is 15.4. The van der Waals surface area contributed by atoms with E-state index in [1.54, 1.807) is 30.0 Å². The molecular formula is C33H42Ti. The van der Waals surface area contributed by atoms with Crippen molar-refractivity contribution in [3.8, 4) is 0 Å². The predicted molar refractivity (Wildman–Crippen MR) is 148 cm³/mol. The van der Waals surface area contributed by atoms with Gasteiger partial charge in [-0.15, -0.1) is 0 Å². The summed E-state index contributed by atoms with van der Waals surface area (Å²) in [5, 5.41) is 0. The first-order valence-electron chi connectivity index (χ1n) is 12.7. The van der Waals surface area contributed by atoms with Crippen LogP contribution in [0.15, 0.2) is 102 Å². The van der Waals surface area contributed by atoms with Gasteiger partial charge in [0.2, 0.25) is 0 Å². The molecule has 0 amide bonds. The number of hydrogen-bond donors (Lipinski definition) is 0. The molecule has 2 aromatic rings. The minimum Gasteiger partial charge on any atom is -0.0622 e. The van der Waals surface area contributed by atoms with Crippen LogP contribution in [0.5, 0.6) is 0 Å². The van der Waals surface area contributed by atoms with E-state index in [4.69, 9.17) is 4.82 Å². The van der Waals surface area contributed by atoms with E-state index in [1.165, 1.54) is 22.3 Å². The molecule has 2 aliphatic rings. The fourth-order valence-electron chi connectivity index (χ4n) is 5.43. The Balaban J connectivity index is 0.000000202. The van der Waals surface area contributed by atoms with Gasteiger partial charge < -0.3 is 0 Å². The van der Waals surface area contributed by atoms with Crippen molar-refractivity contribution in [2.24, 2.45) is 11.8 Å². The Labute approximate surface area is 214 Å². The third kappa shape index (κ3) is 5.61. The van der Waals surface area contributed by atoms with E-state index in [2.05, 4.69) is 116 Å². The van der Waals surface area contributed by atoms with E-state index in [0.29, 0.717) is 11.8 Å². The number of allylic oxidation sites excluding steroid dienone is 8. The molecule has 0 N–H and O–H groups in total. The van der Waals surface area contributed by atoms with E-state index in [-0.39, 0.29) is 0 Å². The van der Waals surface area contributed by atoms with Gasteiger partial charge in [-0.05, 0) is 24.0 Å². The molecule has 0 aromatic heterocycles. The van der Waals surface area contributed by atoms with Crippen LogP contribution in [0.25, 0.3) is 0 Å². The molecule has 4 rings (SSSR count). The molecule has 2 unspecified atom stereocenters. The maximum absolute atomic E-state index is 4.74. The second-order valence-corrected chi connectivity index (χ2v) is 13.3. The van der Waals surface area contributed by atoms with Crippen LogP contribution in [0.1, 0.15) is 66.5 Å². The summed E-state index contributed by atoms with van der Waals surface area (Å²) in [5.41, 5.74) is 12.1. The van der Waals surface area contributed by atoms with Crippen LogP contribution < -0.4 is 0 Å². The number of hydrogen-bond acceptors (Lipinski definition) is 0. The van der Waals surface area contributed by atoms with Crippen molar-refractivity contribution in [2.45, 2.75) is 68.2 Å². The minimum absolute atomic E-state index is 0.621. The van der Waals surface area contributed by atoms with Gasteiger partial charge in [0, 0.05) is 0 Å². The summed E-state index contributed by atoms with van der Waals surface area (Å²) in [6, 6.07) is 21.2. The van der Waals surface area contributed by atoms with Gasteiger partial charge in [-0.3, -0.25) is 0 Å². The van der Waals surface area contributed by atoms with Crippen molar-refractivity contribution < 1.29 is 17.4 Å². The molecule has 34 heavy (non-hydrogen) atoms. The van der Waals surface area contributed by atoms with E-state index < -0.39 is 17.4 Å². The monoisotopic (exact) mass is 486 g/mol. The summed E-state index contributed by atoms with van der Waals surface area (Å²) < 4.78 is 3.42. The molecule has 2 atom stereocenters. The molecule has 0 heterocycles. The summed E-state index contributed by atoms with van der Waals surface area (Å²) in [6.07, 6.45) is 2.26. The molecule has 0 bridgehead atoms. The van der Waals surface area contributed by atoms with E-state index in [0.717, 1.165) is 12.8 Å². The maximum Gasteiger partial charge on any atom is -0.0238 e. The number of rotatable bonds is 5. The normalized spacial score (nSPS) is 20.2. The summed E-state index contributed by atoms with van der Waals surface area (Å²) in [4.78, 5) is 4.74. The second-order valence-electron chi connectivity index (χ2n) is 10.1. The topological polar surface area (TPSA) is 0 Å². The average molecular weight is 487 g/mol. The SMILES string of the molecule is [CH2]=[Ti]([C]1=C(C)C(C)=C(C)C1C)[C]1=C(C)C(C)=C(C)C1C.c1ccc(CCc2ccccc2)cc1. The molecule has 2 aromatic carbocycles. The fraction of sp³-hybridized carbons (Fsp3) is 0.364. The first-order chi connectivity index (χ1) is 16.1. The Morgan fingerprint density at radius 1 is 0.559 bits per heavy atom. The summed E-state index contributed by atoms with van der Waals surface area (Å²) in [7, 11) is 0. The van der Waals surface area contributed by atoms with Crippen molar-refractivity contribution in [1.29, 1.82) is 0 Å². The van der Waals surface area contributed by atoms with Gasteiger partial charge in [-0.1, -0.05) is 60.7 Å². The molecule has 0 nitrogen and oxygen atoms in total. The predicted octanol–water partition coefficient (Wildman–Crippen LogP) is 9.03. The van der Waals surface area contributed by atoms with Gasteiger partial charge in [-0.25, -0.2) is 0 Å². The van der Waals surface area contributed by atoms with Crippen LogP contribution in [0.2, 0.25) is 0 Å². The molecular weight excluding hydrogens is 444 g/mol. The summed E-state index contributed by atoms with van der Waals surface area (Å²) >= 11 is -1.58. The van der Waals surface area contributed by atoms with Crippen LogP contribution in [-0.4, -0.2) is 4.82 Å². The largest absolute Gasteiger partial charge is 0.0622 e.